The van der Waals surface area contributed by atoms with E-state index in [1.807, 2.05) is 55.5 Å². The first kappa shape index (κ1) is 20.3. The zero-order valence-electron chi connectivity index (χ0n) is 14.9. The molecule has 4 heteroatoms. The van der Waals surface area contributed by atoms with Crippen molar-refractivity contribution in [3.05, 3.63) is 59.7 Å². The number of benzene rings is 2. The van der Waals surface area contributed by atoms with Gasteiger partial charge in [0.15, 0.2) is 11.5 Å². The van der Waals surface area contributed by atoms with Crippen LogP contribution >= 0.6 is 12.4 Å². The van der Waals surface area contributed by atoms with Crippen LogP contribution < -0.4 is 15.2 Å². The van der Waals surface area contributed by atoms with E-state index in [0.717, 1.165) is 22.6 Å². The average Bonchev–Trinajstić information content (AvgIpc) is 2.53. The molecule has 0 amide bonds. The summed E-state index contributed by atoms with van der Waals surface area (Å²) in [6.45, 7) is 9.49. The molecule has 0 heterocycles. The van der Waals surface area contributed by atoms with Crippen molar-refractivity contribution < 1.29 is 9.47 Å². The van der Waals surface area contributed by atoms with Gasteiger partial charge < -0.3 is 15.2 Å². The molecule has 2 rings (SSSR count). The molecule has 0 radical (unpaired) electrons. The Kier molecular flexibility index (Phi) is 7.59. The Labute approximate surface area is 151 Å². The number of hydrogen-bond donors (Lipinski definition) is 1. The summed E-state index contributed by atoms with van der Waals surface area (Å²) >= 11 is 0. The lowest BCUT2D eigenvalue weighted by Gasteiger charge is -2.28. The summed E-state index contributed by atoms with van der Waals surface area (Å²) in [5.41, 5.74) is 8.54. The molecule has 2 N–H and O–H groups in total. The smallest absolute Gasteiger partial charge is 0.161 e. The van der Waals surface area contributed by atoms with Crippen LogP contribution in [0.2, 0.25) is 0 Å². The second kappa shape index (κ2) is 8.95. The minimum atomic E-state index is -0.0510. The highest BCUT2D eigenvalue weighted by atomic mass is 35.5. The highest BCUT2D eigenvalue weighted by molar-refractivity contribution is 5.85. The van der Waals surface area contributed by atoms with Gasteiger partial charge >= 0.3 is 0 Å². The zero-order valence-corrected chi connectivity index (χ0v) is 15.7. The number of rotatable bonds is 6. The molecule has 0 saturated heterocycles. The summed E-state index contributed by atoms with van der Waals surface area (Å²) in [4.78, 5) is 0. The fraction of sp³-hybridized carbons (Fsp3) is 0.400. The van der Waals surface area contributed by atoms with Crippen molar-refractivity contribution in [2.24, 2.45) is 11.1 Å². The molecule has 0 aromatic heterocycles. The lowest BCUT2D eigenvalue weighted by atomic mass is 9.83. The largest absolute Gasteiger partial charge is 0.490 e. The topological polar surface area (TPSA) is 44.5 Å². The van der Waals surface area contributed by atoms with Crippen LogP contribution in [0.4, 0.5) is 0 Å². The van der Waals surface area contributed by atoms with Crippen LogP contribution in [0.15, 0.2) is 48.5 Å². The third kappa shape index (κ3) is 5.43. The monoisotopic (exact) mass is 349 g/mol. The number of ether oxygens (including phenoxy) is 2. The Balaban J connectivity index is 0.00000288. The van der Waals surface area contributed by atoms with Crippen LogP contribution in [0, 0.1) is 5.41 Å². The van der Waals surface area contributed by atoms with Gasteiger partial charge in [-0.1, -0.05) is 57.2 Å². The molecule has 0 unspecified atom stereocenters. The van der Waals surface area contributed by atoms with Crippen LogP contribution in [-0.2, 0) is 6.61 Å². The van der Waals surface area contributed by atoms with E-state index in [0.29, 0.717) is 13.2 Å². The quantitative estimate of drug-likeness (QED) is 0.786. The van der Waals surface area contributed by atoms with Crippen molar-refractivity contribution in [3.63, 3.8) is 0 Å². The van der Waals surface area contributed by atoms with Crippen LogP contribution in [0.3, 0.4) is 0 Å². The van der Waals surface area contributed by atoms with Gasteiger partial charge in [-0.05, 0) is 35.6 Å². The van der Waals surface area contributed by atoms with Gasteiger partial charge in [-0.25, -0.2) is 0 Å². The van der Waals surface area contributed by atoms with E-state index in [1.165, 1.54) is 0 Å². The van der Waals surface area contributed by atoms with Gasteiger partial charge in [0.1, 0.15) is 6.61 Å². The molecule has 24 heavy (non-hydrogen) atoms. The highest BCUT2D eigenvalue weighted by Crippen LogP contribution is 2.36. The summed E-state index contributed by atoms with van der Waals surface area (Å²) in [6.07, 6.45) is 0. The SMILES string of the molecule is CCOc1cc([C@H](N)C(C)(C)C)ccc1OCc1ccccc1.Cl. The van der Waals surface area contributed by atoms with Crippen LogP contribution in [0.25, 0.3) is 0 Å². The van der Waals surface area contributed by atoms with Crippen molar-refractivity contribution in [1.82, 2.24) is 0 Å². The molecule has 2 aromatic rings. The first-order chi connectivity index (χ1) is 10.9. The molecule has 0 saturated carbocycles. The molecule has 132 valence electrons. The van der Waals surface area contributed by atoms with Gasteiger partial charge in [0.25, 0.3) is 0 Å². The number of halogens is 1. The predicted molar refractivity (Wildman–Crippen MR) is 102 cm³/mol. The zero-order chi connectivity index (χ0) is 16.9. The summed E-state index contributed by atoms with van der Waals surface area (Å²) < 4.78 is 11.7. The normalized spacial score (nSPS) is 12.2. The fourth-order valence-corrected chi connectivity index (χ4v) is 2.34. The third-order valence-electron chi connectivity index (χ3n) is 3.80. The highest BCUT2D eigenvalue weighted by Gasteiger charge is 2.23. The molecule has 0 aliphatic carbocycles. The maximum absolute atomic E-state index is 6.36. The molecule has 0 spiro atoms. The van der Waals surface area contributed by atoms with Gasteiger partial charge in [0.05, 0.1) is 6.61 Å². The minimum Gasteiger partial charge on any atom is -0.490 e. The van der Waals surface area contributed by atoms with Gasteiger partial charge in [-0.3, -0.25) is 0 Å². The molecule has 1 atom stereocenters. The second-order valence-corrected chi connectivity index (χ2v) is 6.76. The van der Waals surface area contributed by atoms with Crippen molar-refractivity contribution in [1.29, 1.82) is 0 Å². The maximum atomic E-state index is 6.36. The molecular formula is C20H28ClNO2. The summed E-state index contributed by atoms with van der Waals surface area (Å²) in [7, 11) is 0. The van der Waals surface area contributed by atoms with E-state index in [2.05, 4.69) is 20.8 Å². The van der Waals surface area contributed by atoms with Crippen molar-refractivity contribution >= 4 is 12.4 Å². The van der Waals surface area contributed by atoms with Gasteiger partial charge in [-0.2, -0.15) is 0 Å². The van der Waals surface area contributed by atoms with E-state index in [-0.39, 0.29) is 23.9 Å². The minimum absolute atomic E-state index is 0. The lowest BCUT2D eigenvalue weighted by Crippen LogP contribution is -2.26. The van der Waals surface area contributed by atoms with Gasteiger partial charge in [0.2, 0.25) is 0 Å². The molecule has 0 fully saturated rings. The van der Waals surface area contributed by atoms with E-state index in [1.54, 1.807) is 0 Å². The Bertz CT molecular complexity index is 623. The molecule has 0 bridgehead atoms. The van der Waals surface area contributed by atoms with E-state index < -0.39 is 0 Å². The standard InChI is InChI=1S/C20H27NO2.ClH/c1-5-22-18-13-16(19(21)20(2,3)4)11-12-17(18)23-14-15-9-7-6-8-10-15;/h6-13,19H,5,14,21H2,1-4H3;1H/t19-;/m0./s1. The predicted octanol–water partition coefficient (Wildman–Crippen LogP) is 5.13. The van der Waals surface area contributed by atoms with E-state index in [4.69, 9.17) is 15.2 Å². The number of nitrogens with two attached hydrogens (primary N) is 1. The Morgan fingerprint density at radius 2 is 1.62 bits per heavy atom. The first-order valence-corrected chi connectivity index (χ1v) is 8.11. The average molecular weight is 350 g/mol. The van der Waals surface area contributed by atoms with Crippen LogP contribution in [0.1, 0.15) is 44.9 Å². The molecule has 3 nitrogen and oxygen atoms in total. The van der Waals surface area contributed by atoms with Gasteiger partial charge in [0, 0.05) is 6.04 Å². The first-order valence-electron chi connectivity index (χ1n) is 8.11. The number of hydrogen-bond acceptors (Lipinski definition) is 3. The molecular weight excluding hydrogens is 322 g/mol. The summed E-state index contributed by atoms with van der Waals surface area (Å²) in [6, 6.07) is 16.0. The molecule has 0 aliphatic heterocycles. The third-order valence-corrected chi connectivity index (χ3v) is 3.80. The Morgan fingerprint density at radius 3 is 2.21 bits per heavy atom. The Morgan fingerprint density at radius 1 is 0.958 bits per heavy atom. The van der Waals surface area contributed by atoms with E-state index >= 15 is 0 Å². The summed E-state index contributed by atoms with van der Waals surface area (Å²) in [5, 5.41) is 0. The lowest BCUT2D eigenvalue weighted by molar-refractivity contribution is 0.267. The second-order valence-electron chi connectivity index (χ2n) is 6.76. The van der Waals surface area contributed by atoms with Crippen molar-refractivity contribution in [2.45, 2.75) is 40.3 Å². The van der Waals surface area contributed by atoms with E-state index in [9.17, 15) is 0 Å². The molecule has 2 aromatic carbocycles. The van der Waals surface area contributed by atoms with Crippen molar-refractivity contribution in [2.75, 3.05) is 6.61 Å². The van der Waals surface area contributed by atoms with Crippen LogP contribution in [0.5, 0.6) is 11.5 Å². The summed E-state index contributed by atoms with van der Waals surface area (Å²) in [5.74, 6) is 1.50. The van der Waals surface area contributed by atoms with Gasteiger partial charge in [-0.15, -0.1) is 12.4 Å². The molecule has 0 aliphatic rings. The van der Waals surface area contributed by atoms with Crippen LogP contribution in [-0.4, -0.2) is 6.61 Å². The fourth-order valence-electron chi connectivity index (χ4n) is 2.34. The Hall–Kier alpha value is -1.71. The van der Waals surface area contributed by atoms with Crippen molar-refractivity contribution in [3.8, 4) is 11.5 Å². The maximum Gasteiger partial charge on any atom is 0.161 e.